The summed E-state index contributed by atoms with van der Waals surface area (Å²) >= 11 is 0. The minimum absolute atomic E-state index is 0.949. The first-order valence-electron chi connectivity index (χ1n) is 7.86. The molecule has 0 aliphatic carbocycles. The van der Waals surface area contributed by atoms with Crippen LogP contribution in [0.15, 0.2) is 60.8 Å². The van der Waals surface area contributed by atoms with Gasteiger partial charge in [0.1, 0.15) is 12.8 Å². The molecule has 2 heteroatoms. The molecule has 23 heavy (non-hydrogen) atoms. The Balaban J connectivity index is 2.04. The first kappa shape index (κ1) is 12.7. The molecule has 0 N–H and O–H groups in total. The number of aromatic nitrogens is 1. The highest BCUT2D eigenvalue weighted by Crippen LogP contribution is 2.48. The van der Waals surface area contributed by atoms with Crippen molar-refractivity contribution in [3.8, 4) is 22.8 Å². The van der Waals surface area contributed by atoms with E-state index in [2.05, 4.69) is 79.3 Å². The van der Waals surface area contributed by atoms with E-state index in [9.17, 15) is 0 Å². The second-order valence-corrected chi connectivity index (χ2v) is 6.22. The Morgan fingerprint density at radius 1 is 0.870 bits per heavy atom. The molecule has 0 atom stereocenters. The van der Waals surface area contributed by atoms with E-state index < -0.39 is 0 Å². The SMILES string of the molecule is Cc1ccc2cccc3c2c1-c1c(c2ccccc2c[n+]1C)O3. The van der Waals surface area contributed by atoms with E-state index in [4.69, 9.17) is 4.74 Å². The first-order chi connectivity index (χ1) is 11.2. The summed E-state index contributed by atoms with van der Waals surface area (Å²) in [4.78, 5) is 0. The van der Waals surface area contributed by atoms with E-state index in [-0.39, 0.29) is 0 Å². The molecule has 0 unspecified atom stereocenters. The summed E-state index contributed by atoms with van der Waals surface area (Å²) in [6, 6.07) is 19.1. The van der Waals surface area contributed by atoms with Crippen LogP contribution in [0.25, 0.3) is 32.8 Å². The normalized spacial score (nSPS) is 12.3. The Morgan fingerprint density at radius 2 is 1.70 bits per heavy atom. The molecular formula is C21H16NO+. The summed E-state index contributed by atoms with van der Waals surface area (Å²) in [6.45, 7) is 2.18. The smallest absolute Gasteiger partial charge is 0.257 e. The van der Waals surface area contributed by atoms with Crippen LogP contribution < -0.4 is 9.30 Å². The summed E-state index contributed by atoms with van der Waals surface area (Å²) < 4.78 is 8.57. The maximum Gasteiger partial charge on any atom is 0.257 e. The van der Waals surface area contributed by atoms with E-state index in [0.717, 1.165) is 22.6 Å². The second kappa shape index (κ2) is 4.32. The molecule has 5 rings (SSSR count). The van der Waals surface area contributed by atoms with Crippen LogP contribution in [-0.4, -0.2) is 0 Å². The highest BCUT2D eigenvalue weighted by atomic mass is 16.5. The van der Waals surface area contributed by atoms with Crippen molar-refractivity contribution in [1.82, 2.24) is 0 Å². The first-order valence-corrected chi connectivity index (χ1v) is 7.86. The zero-order valence-corrected chi connectivity index (χ0v) is 13.1. The lowest BCUT2D eigenvalue weighted by molar-refractivity contribution is -0.659. The highest BCUT2D eigenvalue weighted by Gasteiger charge is 2.30. The van der Waals surface area contributed by atoms with Crippen LogP contribution in [0, 0.1) is 6.92 Å². The summed E-state index contributed by atoms with van der Waals surface area (Å²) in [7, 11) is 2.10. The number of hydrogen-bond acceptors (Lipinski definition) is 1. The lowest BCUT2D eigenvalue weighted by Gasteiger charge is -2.21. The van der Waals surface area contributed by atoms with Crippen LogP contribution in [0.5, 0.6) is 11.5 Å². The molecule has 4 aromatic rings. The van der Waals surface area contributed by atoms with Crippen molar-refractivity contribution in [2.45, 2.75) is 6.92 Å². The monoisotopic (exact) mass is 298 g/mol. The number of aryl methyl sites for hydroxylation is 2. The molecule has 0 saturated heterocycles. The van der Waals surface area contributed by atoms with E-state index in [1.54, 1.807) is 0 Å². The van der Waals surface area contributed by atoms with Gasteiger partial charge in [-0.15, -0.1) is 0 Å². The molecule has 2 nitrogen and oxygen atoms in total. The Labute approximate surface area is 134 Å². The highest BCUT2D eigenvalue weighted by molar-refractivity contribution is 6.06. The van der Waals surface area contributed by atoms with Crippen LogP contribution in [0.1, 0.15) is 5.56 Å². The Morgan fingerprint density at radius 3 is 2.61 bits per heavy atom. The van der Waals surface area contributed by atoms with Crippen molar-refractivity contribution in [2.24, 2.45) is 7.05 Å². The standard InChI is InChI=1S/C21H16NO/c1-13-10-11-14-7-5-9-17-19(14)18(13)20-21(23-17)16-8-4-3-6-15(16)12-22(20)2/h3-12H,1-2H3/q+1. The van der Waals surface area contributed by atoms with Gasteiger partial charge < -0.3 is 4.74 Å². The minimum Gasteiger partial charge on any atom is -0.449 e. The molecule has 0 fully saturated rings. The molecule has 0 spiro atoms. The van der Waals surface area contributed by atoms with Gasteiger partial charge in [0.25, 0.3) is 5.69 Å². The second-order valence-electron chi connectivity index (χ2n) is 6.22. The van der Waals surface area contributed by atoms with Gasteiger partial charge >= 0.3 is 0 Å². The molecule has 2 heterocycles. The van der Waals surface area contributed by atoms with E-state index >= 15 is 0 Å². The molecule has 1 aliphatic rings. The average Bonchev–Trinajstić information content (AvgIpc) is 2.57. The lowest BCUT2D eigenvalue weighted by atomic mass is 9.92. The number of benzene rings is 3. The van der Waals surface area contributed by atoms with Crippen molar-refractivity contribution < 1.29 is 9.30 Å². The van der Waals surface area contributed by atoms with Crippen molar-refractivity contribution in [3.05, 3.63) is 66.4 Å². The number of fused-ring (bicyclic) bond motifs is 4. The van der Waals surface area contributed by atoms with Crippen molar-refractivity contribution in [1.29, 1.82) is 0 Å². The molecule has 0 radical (unpaired) electrons. The number of pyridine rings is 1. The molecule has 0 amide bonds. The largest absolute Gasteiger partial charge is 0.449 e. The molecule has 0 bridgehead atoms. The quantitative estimate of drug-likeness (QED) is 0.371. The Kier molecular flexibility index (Phi) is 2.38. The number of rotatable bonds is 0. The topological polar surface area (TPSA) is 13.1 Å². The molecule has 3 aromatic carbocycles. The zero-order valence-electron chi connectivity index (χ0n) is 13.1. The van der Waals surface area contributed by atoms with Gasteiger partial charge in [-0.2, -0.15) is 4.57 Å². The number of hydrogen-bond donors (Lipinski definition) is 0. The predicted octanol–water partition coefficient (Wildman–Crippen LogP) is 4.90. The Hall–Kier alpha value is -2.87. The molecular weight excluding hydrogens is 282 g/mol. The van der Waals surface area contributed by atoms with Gasteiger partial charge in [0.2, 0.25) is 5.75 Å². The van der Waals surface area contributed by atoms with E-state index in [1.165, 1.54) is 27.3 Å². The van der Waals surface area contributed by atoms with Crippen LogP contribution in [0.4, 0.5) is 0 Å². The molecule has 0 saturated carbocycles. The maximum atomic E-state index is 6.38. The van der Waals surface area contributed by atoms with E-state index in [0.29, 0.717) is 0 Å². The number of nitrogens with zero attached hydrogens (tertiary/aromatic N) is 1. The van der Waals surface area contributed by atoms with Gasteiger partial charge in [-0.3, -0.25) is 0 Å². The van der Waals surface area contributed by atoms with E-state index in [1.807, 2.05) is 0 Å². The van der Waals surface area contributed by atoms with Crippen LogP contribution in [0.3, 0.4) is 0 Å². The fourth-order valence-corrected chi connectivity index (χ4v) is 3.72. The summed E-state index contributed by atoms with van der Waals surface area (Å²) in [5.74, 6) is 1.91. The summed E-state index contributed by atoms with van der Waals surface area (Å²) in [6.07, 6.45) is 2.18. The van der Waals surface area contributed by atoms with Gasteiger partial charge in [-0.1, -0.05) is 42.5 Å². The number of ether oxygens (including phenoxy) is 1. The maximum absolute atomic E-state index is 6.38. The van der Waals surface area contributed by atoms with Crippen LogP contribution >= 0.6 is 0 Å². The molecule has 1 aromatic heterocycles. The van der Waals surface area contributed by atoms with Gasteiger partial charge in [-0.05, 0) is 30.0 Å². The van der Waals surface area contributed by atoms with Gasteiger partial charge in [-0.25, -0.2) is 0 Å². The van der Waals surface area contributed by atoms with Gasteiger partial charge in [0.15, 0.2) is 6.20 Å². The van der Waals surface area contributed by atoms with Crippen LogP contribution in [-0.2, 0) is 7.05 Å². The summed E-state index contributed by atoms with van der Waals surface area (Å²) in [5.41, 5.74) is 3.72. The molecule has 1 aliphatic heterocycles. The van der Waals surface area contributed by atoms with Gasteiger partial charge in [0.05, 0.1) is 5.56 Å². The average molecular weight is 298 g/mol. The lowest BCUT2D eigenvalue weighted by Crippen LogP contribution is -2.32. The fraction of sp³-hybridized carbons (Fsp3) is 0.0952. The minimum atomic E-state index is 0.949. The molecule has 110 valence electrons. The summed E-state index contributed by atoms with van der Waals surface area (Å²) in [5, 5.41) is 4.79. The van der Waals surface area contributed by atoms with Crippen molar-refractivity contribution >= 4 is 21.5 Å². The third-order valence-electron chi connectivity index (χ3n) is 4.77. The van der Waals surface area contributed by atoms with Crippen LogP contribution in [0.2, 0.25) is 0 Å². The van der Waals surface area contributed by atoms with Crippen molar-refractivity contribution in [3.63, 3.8) is 0 Å². The zero-order chi connectivity index (χ0) is 15.6. The van der Waals surface area contributed by atoms with Gasteiger partial charge in [0, 0.05) is 16.2 Å². The third-order valence-corrected chi connectivity index (χ3v) is 4.77. The Bertz CT molecular complexity index is 1110. The predicted molar refractivity (Wildman–Crippen MR) is 92.9 cm³/mol. The van der Waals surface area contributed by atoms with Crippen molar-refractivity contribution in [2.75, 3.05) is 0 Å². The fourth-order valence-electron chi connectivity index (χ4n) is 3.72. The third kappa shape index (κ3) is 1.61.